The number of hydrogen-bond donors (Lipinski definition) is 0. The summed E-state index contributed by atoms with van der Waals surface area (Å²) in [6.07, 6.45) is 1.91. The van der Waals surface area contributed by atoms with E-state index in [4.69, 9.17) is 19.8 Å². The molecule has 0 unspecified atom stereocenters. The number of aromatic nitrogens is 4. The van der Waals surface area contributed by atoms with E-state index in [-0.39, 0.29) is 0 Å². The van der Waals surface area contributed by atoms with Crippen LogP contribution in [0.2, 0.25) is 0 Å². The first kappa shape index (κ1) is 18.2. The van der Waals surface area contributed by atoms with Crippen LogP contribution in [-0.4, -0.2) is 26.9 Å². The minimum Gasteiger partial charge on any atom is -0.496 e. The Hall–Kier alpha value is -3.21. The second kappa shape index (κ2) is 7.43. The van der Waals surface area contributed by atoms with Crippen molar-refractivity contribution in [3.05, 3.63) is 59.8 Å². The van der Waals surface area contributed by atoms with Crippen molar-refractivity contribution in [3.63, 3.8) is 0 Å². The van der Waals surface area contributed by atoms with Crippen LogP contribution >= 0.6 is 0 Å². The molecule has 0 amide bonds. The van der Waals surface area contributed by atoms with Gasteiger partial charge in [-0.1, -0.05) is 43.7 Å². The second-order valence-corrected chi connectivity index (χ2v) is 6.96. The van der Waals surface area contributed by atoms with E-state index in [1.54, 1.807) is 7.11 Å². The number of ether oxygens (including phenoxy) is 1. The van der Waals surface area contributed by atoms with Gasteiger partial charge < -0.3 is 4.74 Å². The Bertz CT molecular complexity index is 1130. The van der Waals surface area contributed by atoms with Crippen molar-refractivity contribution in [1.29, 1.82) is 0 Å². The molecule has 0 atom stereocenters. The molecule has 0 N–H and O–H groups in total. The van der Waals surface area contributed by atoms with E-state index in [1.165, 1.54) is 0 Å². The van der Waals surface area contributed by atoms with Gasteiger partial charge in [-0.25, -0.2) is 9.97 Å². The summed E-state index contributed by atoms with van der Waals surface area (Å²) in [5.41, 5.74) is 6.92. The lowest BCUT2D eigenvalue weighted by Gasteiger charge is -2.10. The van der Waals surface area contributed by atoms with Gasteiger partial charge in [0.05, 0.1) is 12.8 Å². The zero-order valence-corrected chi connectivity index (χ0v) is 16.7. The summed E-state index contributed by atoms with van der Waals surface area (Å²) in [6.45, 7) is 4.21. The summed E-state index contributed by atoms with van der Waals surface area (Å²) in [4.78, 5) is 9.87. The van der Waals surface area contributed by atoms with Crippen LogP contribution in [0.25, 0.3) is 33.7 Å². The van der Waals surface area contributed by atoms with Gasteiger partial charge in [-0.15, -0.1) is 0 Å². The molecule has 2 heterocycles. The molecule has 0 spiro atoms. The molecule has 0 saturated heterocycles. The van der Waals surface area contributed by atoms with Crippen LogP contribution < -0.4 is 4.74 Å². The maximum absolute atomic E-state index is 5.43. The minimum absolute atomic E-state index is 0.724. The number of fused-ring (bicyclic) bond motifs is 1. The van der Waals surface area contributed by atoms with Crippen LogP contribution in [0.5, 0.6) is 5.75 Å². The predicted octanol–water partition coefficient (Wildman–Crippen LogP) is 4.97. The molecule has 142 valence electrons. The van der Waals surface area contributed by atoms with Gasteiger partial charge in [0.1, 0.15) is 22.5 Å². The molecule has 0 aliphatic rings. The molecule has 4 rings (SSSR count). The molecule has 28 heavy (non-hydrogen) atoms. The van der Waals surface area contributed by atoms with Crippen molar-refractivity contribution in [2.75, 3.05) is 7.11 Å². The third kappa shape index (κ3) is 3.13. The summed E-state index contributed by atoms with van der Waals surface area (Å²) in [7, 11) is 3.66. The minimum atomic E-state index is 0.724. The lowest BCUT2D eigenvalue weighted by Crippen LogP contribution is -1.99. The van der Waals surface area contributed by atoms with E-state index in [0.29, 0.717) is 0 Å². The average Bonchev–Trinajstić information content (AvgIpc) is 3.04. The van der Waals surface area contributed by atoms with Gasteiger partial charge in [0.25, 0.3) is 0 Å². The van der Waals surface area contributed by atoms with Gasteiger partial charge in [-0.2, -0.15) is 5.10 Å². The molecule has 4 aromatic rings. The monoisotopic (exact) mass is 372 g/mol. The topological polar surface area (TPSA) is 52.8 Å². The third-order valence-corrected chi connectivity index (χ3v) is 4.94. The highest BCUT2D eigenvalue weighted by Gasteiger charge is 2.19. The van der Waals surface area contributed by atoms with Gasteiger partial charge in [0.15, 0.2) is 5.82 Å². The molecule has 5 nitrogen and oxygen atoms in total. The van der Waals surface area contributed by atoms with Gasteiger partial charge >= 0.3 is 0 Å². The van der Waals surface area contributed by atoms with E-state index < -0.39 is 0 Å². The third-order valence-electron chi connectivity index (χ3n) is 4.94. The number of hydrogen-bond acceptors (Lipinski definition) is 4. The standard InChI is InChI=1S/C23H24N4O/c1-5-9-18-21-22(27(3)26-18)20(17-12-13-19(28-4)15(2)14-17)24-23(25-21)16-10-7-6-8-11-16/h6-8,10-14H,5,9H2,1-4H3. The molecular weight excluding hydrogens is 348 g/mol. The molecular formula is C23H24N4O. The number of rotatable bonds is 5. The normalized spacial score (nSPS) is 11.1. The second-order valence-electron chi connectivity index (χ2n) is 6.96. The van der Waals surface area contributed by atoms with Gasteiger partial charge in [-0.3, -0.25) is 4.68 Å². The molecule has 2 aromatic heterocycles. The van der Waals surface area contributed by atoms with Crippen LogP contribution in [0.15, 0.2) is 48.5 Å². The van der Waals surface area contributed by atoms with Crippen molar-refractivity contribution in [2.24, 2.45) is 7.05 Å². The quantitative estimate of drug-likeness (QED) is 0.496. The zero-order chi connectivity index (χ0) is 19.7. The molecule has 0 bridgehead atoms. The van der Waals surface area contributed by atoms with Crippen LogP contribution in [0.4, 0.5) is 0 Å². The maximum Gasteiger partial charge on any atom is 0.160 e. The summed E-state index contributed by atoms with van der Waals surface area (Å²) in [5.74, 6) is 1.59. The molecule has 0 aliphatic heterocycles. The fourth-order valence-electron chi connectivity index (χ4n) is 3.59. The lowest BCUT2D eigenvalue weighted by molar-refractivity contribution is 0.412. The molecule has 0 aliphatic carbocycles. The van der Waals surface area contributed by atoms with Crippen molar-refractivity contribution in [2.45, 2.75) is 26.7 Å². The molecule has 5 heteroatoms. The number of methoxy groups -OCH3 is 1. The first-order chi connectivity index (χ1) is 13.6. The Kier molecular flexibility index (Phi) is 4.82. The van der Waals surface area contributed by atoms with Gasteiger partial charge in [0.2, 0.25) is 0 Å². The van der Waals surface area contributed by atoms with Crippen LogP contribution in [0.1, 0.15) is 24.6 Å². The summed E-state index contributed by atoms with van der Waals surface area (Å²) < 4.78 is 7.33. The SMILES string of the molecule is CCCc1nn(C)c2c(-c3ccc(OC)c(C)c3)nc(-c3ccccc3)nc12. The fraction of sp³-hybridized carbons (Fsp3) is 0.261. The van der Waals surface area contributed by atoms with Gasteiger partial charge in [-0.05, 0) is 37.1 Å². The highest BCUT2D eigenvalue weighted by Crippen LogP contribution is 2.33. The van der Waals surface area contributed by atoms with Crippen molar-refractivity contribution >= 4 is 11.0 Å². The van der Waals surface area contributed by atoms with E-state index in [1.807, 2.05) is 55.1 Å². The van der Waals surface area contributed by atoms with Crippen molar-refractivity contribution < 1.29 is 4.74 Å². The van der Waals surface area contributed by atoms with Crippen molar-refractivity contribution in [3.8, 4) is 28.4 Å². The predicted molar refractivity (Wildman–Crippen MR) is 112 cm³/mol. The van der Waals surface area contributed by atoms with Crippen LogP contribution in [0.3, 0.4) is 0 Å². The Labute approximate surface area is 165 Å². The van der Waals surface area contributed by atoms with E-state index in [9.17, 15) is 0 Å². The molecule has 2 aromatic carbocycles. The number of nitrogens with zero attached hydrogens (tertiary/aromatic N) is 4. The first-order valence-corrected chi connectivity index (χ1v) is 9.56. The zero-order valence-electron chi connectivity index (χ0n) is 16.7. The van der Waals surface area contributed by atoms with E-state index in [0.717, 1.165) is 63.5 Å². The highest BCUT2D eigenvalue weighted by molar-refractivity contribution is 5.92. The fourth-order valence-corrected chi connectivity index (χ4v) is 3.59. The Morgan fingerprint density at radius 1 is 1.00 bits per heavy atom. The maximum atomic E-state index is 5.43. The molecule has 0 fully saturated rings. The largest absolute Gasteiger partial charge is 0.496 e. The average molecular weight is 372 g/mol. The summed E-state index contributed by atoms with van der Waals surface area (Å²) in [6, 6.07) is 16.3. The molecule has 0 saturated carbocycles. The smallest absolute Gasteiger partial charge is 0.160 e. The first-order valence-electron chi connectivity index (χ1n) is 9.56. The van der Waals surface area contributed by atoms with Gasteiger partial charge in [0, 0.05) is 18.2 Å². The van der Waals surface area contributed by atoms with Crippen LogP contribution in [0, 0.1) is 6.92 Å². The summed E-state index contributed by atoms with van der Waals surface area (Å²) in [5, 5.41) is 4.75. The van der Waals surface area contributed by atoms with E-state index in [2.05, 4.69) is 19.1 Å². The Morgan fingerprint density at radius 3 is 2.46 bits per heavy atom. The van der Waals surface area contributed by atoms with Crippen molar-refractivity contribution in [1.82, 2.24) is 19.7 Å². The van der Waals surface area contributed by atoms with Crippen LogP contribution in [-0.2, 0) is 13.5 Å². The highest BCUT2D eigenvalue weighted by atomic mass is 16.5. The number of aryl methyl sites for hydroxylation is 3. The number of benzene rings is 2. The Balaban J connectivity index is 2.02. The molecule has 0 radical (unpaired) electrons. The lowest BCUT2D eigenvalue weighted by atomic mass is 10.1. The van der Waals surface area contributed by atoms with E-state index >= 15 is 0 Å². The Morgan fingerprint density at radius 2 is 1.79 bits per heavy atom. The summed E-state index contributed by atoms with van der Waals surface area (Å²) >= 11 is 0.